The first-order chi connectivity index (χ1) is 9.78. The van der Waals surface area contributed by atoms with E-state index in [9.17, 15) is 0 Å². The molecule has 1 N–H and O–H groups in total. The third-order valence-corrected chi connectivity index (χ3v) is 3.50. The first-order valence-corrected chi connectivity index (χ1v) is 8.24. The second-order valence-corrected chi connectivity index (χ2v) is 7.58. The lowest BCUT2D eigenvalue weighted by Gasteiger charge is -2.26. The van der Waals surface area contributed by atoms with Crippen molar-refractivity contribution in [3.05, 3.63) is 34.9 Å². The molecule has 0 saturated heterocycles. The SMILES string of the molecule is CC(C)COCCC(CNC(C)(C)C)c1cccc(Cl)c1. The maximum atomic E-state index is 6.13. The second kappa shape index (κ2) is 8.77. The third-order valence-electron chi connectivity index (χ3n) is 3.26. The first-order valence-electron chi connectivity index (χ1n) is 7.86. The molecule has 0 amide bonds. The van der Waals surface area contributed by atoms with Crippen molar-refractivity contribution in [2.24, 2.45) is 5.92 Å². The molecule has 0 heterocycles. The van der Waals surface area contributed by atoms with Gasteiger partial charge in [-0.3, -0.25) is 0 Å². The molecule has 0 aromatic heterocycles. The smallest absolute Gasteiger partial charge is 0.0488 e. The molecular formula is C18H30ClNO. The van der Waals surface area contributed by atoms with Crippen LogP contribution in [0.3, 0.4) is 0 Å². The number of nitrogens with one attached hydrogen (secondary N) is 1. The zero-order chi connectivity index (χ0) is 15.9. The van der Waals surface area contributed by atoms with Crippen LogP contribution in [0, 0.1) is 5.92 Å². The van der Waals surface area contributed by atoms with Crippen LogP contribution in [0.4, 0.5) is 0 Å². The predicted molar refractivity (Wildman–Crippen MR) is 92.2 cm³/mol. The van der Waals surface area contributed by atoms with Crippen LogP contribution in [0.15, 0.2) is 24.3 Å². The Kier molecular flexibility index (Phi) is 7.72. The lowest BCUT2D eigenvalue weighted by Crippen LogP contribution is -2.38. The molecule has 3 heteroatoms. The Hall–Kier alpha value is -0.570. The monoisotopic (exact) mass is 311 g/mol. The van der Waals surface area contributed by atoms with E-state index in [1.807, 2.05) is 12.1 Å². The molecule has 0 spiro atoms. The van der Waals surface area contributed by atoms with E-state index in [0.717, 1.165) is 31.2 Å². The lowest BCUT2D eigenvalue weighted by molar-refractivity contribution is 0.103. The van der Waals surface area contributed by atoms with E-state index < -0.39 is 0 Å². The van der Waals surface area contributed by atoms with Gasteiger partial charge in [0.1, 0.15) is 0 Å². The summed E-state index contributed by atoms with van der Waals surface area (Å²) < 4.78 is 5.75. The van der Waals surface area contributed by atoms with Crippen LogP contribution in [0.2, 0.25) is 5.02 Å². The fourth-order valence-corrected chi connectivity index (χ4v) is 2.32. The summed E-state index contributed by atoms with van der Waals surface area (Å²) in [6, 6.07) is 8.17. The average Bonchev–Trinajstić information content (AvgIpc) is 2.36. The molecule has 1 aromatic carbocycles. The zero-order valence-electron chi connectivity index (χ0n) is 14.1. The summed E-state index contributed by atoms with van der Waals surface area (Å²) in [7, 11) is 0. The summed E-state index contributed by atoms with van der Waals surface area (Å²) >= 11 is 6.13. The highest BCUT2D eigenvalue weighted by Crippen LogP contribution is 2.23. The van der Waals surface area contributed by atoms with Crippen LogP contribution in [0.1, 0.15) is 52.5 Å². The van der Waals surface area contributed by atoms with Crippen molar-refractivity contribution in [3.8, 4) is 0 Å². The minimum Gasteiger partial charge on any atom is -0.381 e. The largest absolute Gasteiger partial charge is 0.381 e. The normalized spacial score (nSPS) is 13.7. The summed E-state index contributed by atoms with van der Waals surface area (Å²) in [6.07, 6.45) is 1.01. The van der Waals surface area contributed by atoms with Crippen LogP contribution < -0.4 is 5.32 Å². The third kappa shape index (κ3) is 8.45. The molecule has 1 rings (SSSR count). The molecule has 0 radical (unpaired) electrons. The molecule has 0 fully saturated rings. The van der Waals surface area contributed by atoms with Gasteiger partial charge < -0.3 is 10.1 Å². The van der Waals surface area contributed by atoms with Gasteiger partial charge in [-0.1, -0.05) is 37.6 Å². The number of rotatable bonds is 8. The Morgan fingerprint density at radius 3 is 2.52 bits per heavy atom. The fraction of sp³-hybridized carbons (Fsp3) is 0.667. The van der Waals surface area contributed by atoms with E-state index in [-0.39, 0.29) is 5.54 Å². The van der Waals surface area contributed by atoms with E-state index in [4.69, 9.17) is 16.3 Å². The standard InChI is InChI=1S/C18H30ClNO/c1-14(2)13-21-10-9-16(12-20-18(3,4)5)15-7-6-8-17(19)11-15/h6-8,11,14,16,20H,9-10,12-13H2,1-5H3. The number of halogens is 1. The van der Waals surface area contributed by atoms with Crippen LogP contribution in [0.5, 0.6) is 0 Å². The van der Waals surface area contributed by atoms with E-state index in [0.29, 0.717) is 11.8 Å². The molecule has 21 heavy (non-hydrogen) atoms. The minimum atomic E-state index is 0.121. The highest BCUT2D eigenvalue weighted by Gasteiger charge is 2.16. The molecule has 2 nitrogen and oxygen atoms in total. The molecule has 0 aliphatic rings. The van der Waals surface area contributed by atoms with Crippen molar-refractivity contribution >= 4 is 11.6 Å². The maximum absolute atomic E-state index is 6.13. The van der Waals surface area contributed by atoms with Crippen molar-refractivity contribution in [3.63, 3.8) is 0 Å². The number of hydrogen-bond donors (Lipinski definition) is 1. The van der Waals surface area contributed by atoms with Crippen LogP contribution in [-0.4, -0.2) is 25.3 Å². The van der Waals surface area contributed by atoms with Gasteiger partial charge in [-0.25, -0.2) is 0 Å². The van der Waals surface area contributed by atoms with Gasteiger partial charge in [-0.15, -0.1) is 0 Å². The van der Waals surface area contributed by atoms with Crippen molar-refractivity contribution in [1.29, 1.82) is 0 Å². The summed E-state index contributed by atoms with van der Waals surface area (Å²) in [4.78, 5) is 0. The Morgan fingerprint density at radius 1 is 1.24 bits per heavy atom. The van der Waals surface area contributed by atoms with Crippen molar-refractivity contribution < 1.29 is 4.74 Å². The summed E-state index contributed by atoms with van der Waals surface area (Å²) in [6.45, 7) is 13.5. The molecule has 0 bridgehead atoms. The highest BCUT2D eigenvalue weighted by molar-refractivity contribution is 6.30. The number of hydrogen-bond acceptors (Lipinski definition) is 2. The van der Waals surface area contributed by atoms with E-state index >= 15 is 0 Å². The Bertz CT molecular complexity index is 412. The highest BCUT2D eigenvalue weighted by atomic mass is 35.5. The molecule has 0 aliphatic heterocycles. The summed E-state index contributed by atoms with van der Waals surface area (Å²) in [5, 5.41) is 4.39. The molecular weight excluding hydrogens is 282 g/mol. The van der Waals surface area contributed by atoms with Gasteiger partial charge in [-0.05, 0) is 56.7 Å². The van der Waals surface area contributed by atoms with Gasteiger partial charge in [0.15, 0.2) is 0 Å². The number of ether oxygens (including phenoxy) is 1. The molecule has 120 valence electrons. The summed E-state index contributed by atoms with van der Waals surface area (Å²) in [5.74, 6) is 1.01. The summed E-state index contributed by atoms with van der Waals surface area (Å²) in [5.41, 5.74) is 1.41. The Labute approximate surface area is 135 Å². The van der Waals surface area contributed by atoms with Gasteiger partial charge in [0.2, 0.25) is 0 Å². The van der Waals surface area contributed by atoms with E-state index in [1.165, 1.54) is 5.56 Å². The predicted octanol–water partition coefficient (Wildman–Crippen LogP) is 4.87. The lowest BCUT2D eigenvalue weighted by atomic mass is 9.94. The molecule has 0 aliphatic carbocycles. The van der Waals surface area contributed by atoms with Crippen molar-refractivity contribution in [1.82, 2.24) is 5.32 Å². The minimum absolute atomic E-state index is 0.121. The van der Waals surface area contributed by atoms with Crippen LogP contribution in [0.25, 0.3) is 0 Å². The van der Waals surface area contributed by atoms with Crippen LogP contribution >= 0.6 is 11.6 Å². The fourth-order valence-electron chi connectivity index (χ4n) is 2.12. The maximum Gasteiger partial charge on any atom is 0.0488 e. The van der Waals surface area contributed by atoms with Crippen LogP contribution in [-0.2, 0) is 4.74 Å². The zero-order valence-corrected chi connectivity index (χ0v) is 14.8. The van der Waals surface area contributed by atoms with E-state index in [2.05, 4.69) is 52.1 Å². The van der Waals surface area contributed by atoms with Crippen molar-refractivity contribution in [2.75, 3.05) is 19.8 Å². The molecule has 1 atom stereocenters. The quantitative estimate of drug-likeness (QED) is 0.691. The van der Waals surface area contributed by atoms with Gasteiger partial charge in [-0.2, -0.15) is 0 Å². The van der Waals surface area contributed by atoms with Gasteiger partial charge in [0, 0.05) is 30.3 Å². The Morgan fingerprint density at radius 2 is 1.95 bits per heavy atom. The first kappa shape index (κ1) is 18.5. The van der Waals surface area contributed by atoms with E-state index in [1.54, 1.807) is 0 Å². The van der Waals surface area contributed by atoms with Crippen molar-refractivity contribution in [2.45, 2.75) is 52.5 Å². The average molecular weight is 312 g/mol. The van der Waals surface area contributed by atoms with Gasteiger partial charge >= 0.3 is 0 Å². The molecule has 0 saturated carbocycles. The topological polar surface area (TPSA) is 21.3 Å². The van der Waals surface area contributed by atoms with Gasteiger partial charge in [0.25, 0.3) is 0 Å². The number of benzene rings is 1. The second-order valence-electron chi connectivity index (χ2n) is 7.14. The molecule has 1 aromatic rings. The molecule has 1 unspecified atom stereocenters. The Balaban J connectivity index is 2.61. The van der Waals surface area contributed by atoms with Gasteiger partial charge in [0.05, 0.1) is 0 Å².